The molecule has 2 rings (SSSR count). The van der Waals surface area contributed by atoms with Crippen molar-refractivity contribution in [3.05, 3.63) is 59.7 Å². The van der Waals surface area contributed by atoms with Crippen molar-refractivity contribution in [1.82, 2.24) is 0 Å². The van der Waals surface area contributed by atoms with Gasteiger partial charge in [-0.05, 0) is 23.8 Å². The van der Waals surface area contributed by atoms with E-state index >= 15 is 0 Å². The number of amides is 1. The average Bonchev–Trinajstić information content (AvgIpc) is 2.41. The molecule has 0 aliphatic rings. The van der Waals surface area contributed by atoms with Gasteiger partial charge in [0.1, 0.15) is 11.6 Å². The maximum Gasteiger partial charge on any atom is 0.231 e. The molecule has 0 bridgehead atoms. The predicted octanol–water partition coefficient (Wildman–Crippen LogP) is 2.75. The molecule has 0 atom stereocenters. The monoisotopic (exact) mass is 276 g/mol. The lowest BCUT2D eigenvalue weighted by atomic mass is 10.1. The molecule has 0 saturated heterocycles. The van der Waals surface area contributed by atoms with Crippen molar-refractivity contribution in [2.75, 3.05) is 17.7 Å². The summed E-state index contributed by atoms with van der Waals surface area (Å²) in [5, 5.41) is 0. The summed E-state index contributed by atoms with van der Waals surface area (Å²) in [7, 11) is 1.56. The van der Waals surface area contributed by atoms with E-state index < -0.39 is 11.6 Å². The first-order chi connectivity index (χ1) is 9.49. The second-order valence-corrected chi connectivity index (χ2v) is 4.42. The molecule has 2 aromatic carbocycles. The van der Waals surface area contributed by atoms with Crippen molar-refractivity contribution in [1.29, 1.82) is 0 Å². The number of nitrogens with zero attached hydrogens (tertiary/aromatic N) is 1. The molecule has 5 heteroatoms. The van der Waals surface area contributed by atoms with Crippen LogP contribution < -0.4 is 10.6 Å². The minimum Gasteiger partial charge on any atom is -0.397 e. The number of hydrogen-bond donors (Lipinski definition) is 1. The van der Waals surface area contributed by atoms with Crippen LogP contribution in [0, 0.1) is 11.6 Å². The molecule has 0 unspecified atom stereocenters. The maximum atomic E-state index is 13.5. The molecular formula is C15H14F2N2O. The molecular weight excluding hydrogens is 262 g/mol. The fourth-order valence-electron chi connectivity index (χ4n) is 1.87. The number of hydrogen-bond acceptors (Lipinski definition) is 2. The third kappa shape index (κ3) is 2.93. The van der Waals surface area contributed by atoms with Crippen molar-refractivity contribution < 1.29 is 13.6 Å². The minimum atomic E-state index is -0.729. The Bertz CT molecular complexity index is 644. The zero-order valence-electron chi connectivity index (χ0n) is 10.9. The third-order valence-corrected chi connectivity index (χ3v) is 3.03. The van der Waals surface area contributed by atoms with Crippen molar-refractivity contribution in [2.45, 2.75) is 6.42 Å². The van der Waals surface area contributed by atoms with E-state index in [0.717, 1.165) is 12.1 Å². The van der Waals surface area contributed by atoms with Crippen molar-refractivity contribution >= 4 is 17.3 Å². The Kier molecular flexibility index (Phi) is 3.98. The molecule has 0 aliphatic heterocycles. The molecule has 0 fully saturated rings. The first-order valence-corrected chi connectivity index (χ1v) is 6.04. The molecule has 0 saturated carbocycles. The molecule has 0 spiro atoms. The first-order valence-electron chi connectivity index (χ1n) is 6.04. The maximum absolute atomic E-state index is 13.5. The number of para-hydroxylation sites is 2. The third-order valence-electron chi connectivity index (χ3n) is 3.03. The normalized spacial score (nSPS) is 10.3. The van der Waals surface area contributed by atoms with Crippen molar-refractivity contribution in [3.63, 3.8) is 0 Å². The molecule has 20 heavy (non-hydrogen) atoms. The summed E-state index contributed by atoms with van der Waals surface area (Å²) < 4.78 is 26.3. The summed E-state index contributed by atoms with van der Waals surface area (Å²) in [6.45, 7) is 0. The molecule has 3 nitrogen and oxygen atoms in total. The van der Waals surface area contributed by atoms with Crippen LogP contribution in [-0.4, -0.2) is 13.0 Å². The van der Waals surface area contributed by atoms with E-state index in [1.165, 1.54) is 11.0 Å². The second kappa shape index (κ2) is 5.69. The number of benzene rings is 2. The van der Waals surface area contributed by atoms with Gasteiger partial charge in [0, 0.05) is 13.1 Å². The van der Waals surface area contributed by atoms with E-state index in [-0.39, 0.29) is 17.9 Å². The van der Waals surface area contributed by atoms with E-state index in [9.17, 15) is 13.6 Å². The standard InChI is InChI=1S/C15H14F2N2O/c1-19(14-5-3-2-4-13(14)18)15(20)8-10-6-7-11(16)9-12(10)17/h2-7,9H,8,18H2,1H3. The molecule has 2 N–H and O–H groups in total. The van der Waals surface area contributed by atoms with Crippen LogP contribution in [-0.2, 0) is 11.2 Å². The highest BCUT2D eigenvalue weighted by molar-refractivity contribution is 5.96. The van der Waals surface area contributed by atoms with Gasteiger partial charge in [0.25, 0.3) is 0 Å². The highest BCUT2D eigenvalue weighted by Crippen LogP contribution is 2.22. The number of nitrogen functional groups attached to an aromatic ring is 1. The van der Waals surface area contributed by atoms with Crippen LogP contribution in [0.2, 0.25) is 0 Å². The molecule has 0 aliphatic carbocycles. The van der Waals surface area contributed by atoms with E-state index in [1.54, 1.807) is 31.3 Å². The van der Waals surface area contributed by atoms with Crippen LogP contribution in [0.25, 0.3) is 0 Å². The minimum absolute atomic E-state index is 0.151. The summed E-state index contributed by atoms with van der Waals surface area (Å²) in [6.07, 6.45) is -0.156. The number of likely N-dealkylation sites (N-methyl/N-ethyl adjacent to an activating group) is 1. The molecule has 0 aromatic heterocycles. The Hall–Kier alpha value is -2.43. The highest BCUT2D eigenvalue weighted by Gasteiger charge is 2.15. The lowest BCUT2D eigenvalue weighted by molar-refractivity contribution is -0.117. The van der Waals surface area contributed by atoms with Crippen LogP contribution in [0.1, 0.15) is 5.56 Å². The van der Waals surface area contributed by atoms with Crippen LogP contribution in [0.15, 0.2) is 42.5 Å². The Morgan fingerprint density at radius 2 is 1.90 bits per heavy atom. The summed E-state index contributed by atoms with van der Waals surface area (Å²) >= 11 is 0. The predicted molar refractivity (Wildman–Crippen MR) is 74.3 cm³/mol. The van der Waals surface area contributed by atoms with Gasteiger partial charge in [0.2, 0.25) is 5.91 Å². The van der Waals surface area contributed by atoms with Gasteiger partial charge in [0.05, 0.1) is 17.8 Å². The van der Waals surface area contributed by atoms with Crippen LogP contribution in [0.3, 0.4) is 0 Å². The van der Waals surface area contributed by atoms with Crippen LogP contribution in [0.4, 0.5) is 20.2 Å². The summed E-state index contributed by atoms with van der Waals surface area (Å²) in [5.74, 6) is -1.72. The summed E-state index contributed by atoms with van der Waals surface area (Å²) in [5.41, 5.74) is 6.95. The van der Waals surface area contributed by atoms with Gasteiger partial charge in [0.15, 0.2) is 0 Å². The number of halogens is 2. The van der Waals surface area contributed by atoms with Crippen LogP contribution >= 0.6 is 0 Å². The smallest absolute Gasteiger partial charge is 0.231 e. The quantitative estimate of drug-likeness (QED) is 0.876. The topological polar surface area (TPSA) is 46.3 Å². The van der Waals surface area contributed by atoms with E-state index in [4.69, 9.17) is 5.73 Å². The number of carbonyl (C=O) groups excluding carboxylic acids is 1. The Morgan fingerprint density at radius 1 is 1.20 bits per heavy atom. The van der Waals surface area contributed by atoms with Gasteiger partial charge in [-0.1, -0.05) is 18.2 Å². The Labute approximate surface area is 115 Å². The van der Waals surface area contributed by atoms with Gasteiger partial charge < -0.3 is 10.6 Å². The van der Waals surface area contributed by atoms with Gasteiger partial charge in [-0.2, -0.15) is 0 Å². The molecule has 2 aromatic rings. The number of carbonyl (C=O) groups is 1. The van der Waals surface area contributed by atoms with Gasteiger partial charge >= 0.3 is 0 Å². The number of rotatable bonds is 3. The van der Waals surface area contributed by atoms with Crippen molar-refractivity contribution in [2.24, 2.45) is 0 Å². The largest absolute Gasteiger partial charge is 0.397 e. The SMILES string of the molecule is CN(C(=O)Cc1ccc(F)cc1F)c1ccccc1N. The van der Waals surface area contributed by atoms with E-state index in [1.807, 2.05) is 0 Å². The van der Waals surface area contributed by atoms with Crippen molar-refractivity contribution in [3.8, 4) is 0 Å². The van der Waals surface area contributed by atoms with Gasteiger partial charge in [-0.15, -0.1) is 0 Å². The highest BCUT2D eigenvalue weighted by atomic mass is 19.1. The number of nitrogens with two attached hydrogens (primary N) is 1. The molecule has 0 radical (unpaired) electrons. The Balaban J connectivity index is 2.18. The van der Waals surface area contributed by atoms with Gasteiger partial charge in [-0.3, -0.25) is 4.79 Å². The fraction of sp³-hybridized carbons (Fsp3) is 0.133. The first kappa shape index (κ1) is 14.0. The molecule has 1 amide bonds. The molecule has 104 valence electrons. The average molecular weight is 276 g/mol. The van der Waals surface area contributed by atoms with Gasteiger partial charge in [-0.25, -0.2) is 8.78 Å². The summed E-state index contributed by atoms with van der Waals surface area (Å²) in [4.78, 5) is 13.5. The molecule has 0 heterocycles. The zero-order chi connectivity index (χ0) is 14.7. The van der Waals surface area contributed by atoms with Crippen LogP contribution in [0.5, 0.6) is 0 Å². The number of anilines is 2. The zero-order valence-corrected chi connectivity index (χ0v) is 10.9. The fourth-order valence-corrected chi connectivity index (χ4v) is 1.87. The Morgan fingerprint density at radius 3 is 2.55 bits per heavy atom. The van der Waals surface area contributed by atoms with E-state index in [2.05, 4.69) is 0 Å². The lowest BCUT2D eigenvalue weighted by Gasteiger charge is -2.19. The second-order valence-electron chi connectivity index (χ2n) is 4.42. The van der Waals surface area contributed by atoms with E-state index in [0.29, 0.717) is 11.4 Å². The summed E-state index contributed by atoms with van der Waals surface area (Å²) in [6, 6.07) is 10.1. The lowest BCUT2D eigenvalue weighted by Crippen LogP contribution is -2.28.